The lowest BCUT2D eigenvalue weighted by Gasteiger charge is -2.23. The standard InChI is InChI=1S/C23H35N3O/c1-4-6-7-22(25-3)21(5-2)23(24)26-20-14-12-19(13-15-20)18-10-8-17(16-27)9-11-18/h8,10-14,17,20,25,27H,4-7,9,15-16H2,1-3H3,(H2,24,26)/b22-21-. The average molecular weight is 370 g/mol. The Labute approximate surface area is 164 Å². The summed E-state index contributed by atoms with van der Waals surface area (Å²) in [5.41, 5.74) is 4.74. The van der Waals surface area contributed by atoms with E-state index in [9.17, 15) is 5.11 Å². The SMILES string of the molecule is CCCC/C(NC)=C(\CC)C(=N)NC1C=CC(C2=CCC(CO)C=C2)=CC1. The average Bonchev–Trinajstić information content (AvgIpc) is 2.71. The van der Waals surface area contributed by atoms with Gasteiger partial charge in [-0.15, -0.1) is 0 Å². The summed E-state index contributed by atoms with van der Waals surface area (Å²) in [4.78, 5) is 0. The molecule has 4 heteroatoms. The predicted molar refractivity (Wildman–Crippen MR) is 115 cm³/mol. The minimum Gasteiger partial charge on any atom is -0.396 e. The zero-order valence-corrected chi connectivity index (χ0v) is 17.0. The summed E-state index contributed by atoms with van der Waals surface area (Å²) in [6.45, 7) is 4.52. The second kappa shape index (κ2) is 10.9. The van der Waals surface area contributed by atoms with E-state index >= 15 is 0 Å². The van der Waals surface area contributed by atoms with E-state index in [2.05, 4.69) is 60.9 Å². The van der Waals surface area contributed by atoms with E-state index in [1.54, 1.807) is 0 Å². The molecule has 0 aromatic rings. The quantitative estimate of drug-likeness (QED) is 0.360. The van der Waals surface area contributed by atoms with E-state index in [-0.39, 0.29) is 18.6 Å². The van der Waals surface area contributed by atoms with E-state index in [1.807, 2.05) is 7.05 Å². The first-order valence-electron chi connectivity index (χ1n) is 10.3. The number of hydrogen-bond donors (Lipinski definition) is 4. The van der Waals surface area contributed by atoms with Crippen molar-refractivity contribution in [1.29, 1.82) is 5.41 Å². The van der Waals surface area contributed by atoms with Gasteiger partial charge >= 0.3 is 0 Å². The summed E-state index contributed by atoms with van der Waals surface area (Å²) in [5.74, 6) is 0.789. The fourth-order valence-corrected chi connectivity index (χ4v) is 3.55. The maximum atomic E-state index is 9.23. The first-order chi connectivity index (χ1) is 13.1. The van der Waals surface area contributed by atoms with Gasteiger partial charge in [-0.05, 0) is 43.3 Å². The Morgan fingerprint density at radius 1 is 1.15 bits per heavy atom. The topological polar surface area (TPSA) is 68.1 Å². The molecule has 0 spiro atoms. The van der Waals surface area contributed by atoms with Gasteiger partial charge in [0.05, 0.1) is 0 Å². The molecule has 2 aliphatic rings. The Morgan fingerprint density at radius 2 is 1.85 bits per heavy atom. The molecule has 148 valence electrons. The van der Waals surface area contributed by atoms with E-state index in [0.717, 1.165) is 44.1 Å². The Bertz CT molecular complexity index is 667. The third-order valence-electron chi connectivity index (χ3n) is 5.29. The number of aliphatic hydroxyl groups excluding tert-OH is 1. The Kier molecular flexibility index (Phi) is 8.59. The van der Waals surface area contributed by atoms with Crippen molar-refractivity contribution in [2.24, 2.45) is 5.92 Å². The largest absolute Gasteiger partial charge is 0.396 e. The summed E-state index contributed by atoms with van der Waals surface area (Å²) in [6.07, 6.45) is 18.9. The van der Waals surface area contributed by atoms with Crippen molar-refractivity contribution in [3.8, 4) is 0 Å². The zero-order valence-electron chi connectivity index (χ0n) is 17.0. The zero-order chi connectivity index (χ0) is 19.6. The van der Waals surface area contributed by atoms with Crippen molar-refractivity contribution in [2.75, 3.05) is 13.7 Å². The van der Waals surface area contributed by atoms with Crippen LogP contribution >= 0.6 is 0 Å². The number of amidine groups is 1. The molecule has 0 heterocycles. The monoisotopic (exact) mass is 369 g/mol. The van der Waals surface area contributed by atoms with Gasteiger partial charge in [0.15, 0.2) is 0 Å². The van der Waals surface area contributed by atoms with Crippen LogP contribution in [0.15, 0.2) is 58.9 Å². The molecule has 2 aliphatic carbocycles. The summed E-state index contributed by atoms with van der Waals surface area (Å²) >= 11 is 0. The lowest BCUT2D eigenvalue weighted by Crippen LogP contribution is -2.35. The third-order valence-corrected chi connectivity index (χ3v) is 5.29. The predicted octanol–water partition coefficient (Wildman–Crippen LogP) is 4.38. The Morgan fingerprint density at radius 3 is 2.33 bits per heavy atom. The highest BCUT2D eigenvalue weighted by molar-refractivity contribution is 5.96. The molecule has 0 fully saturated rings. The molecule has 2 rings (SSSR count). The van der Waals surface area contributed by atoms with Crippen LogP contribution in [0.5, 0.6) is 0 Å². The highest BCUT2D eigenvalue weighted by Crippen LogP contribution is 2.25. The molecule has 0 saturated heterocycles. The van der Waals surface area contributed by atoms with Gasteiger partial charge in [0, 0.05) is 36.9 Å². The number of hydrogen-bond acceptors (Lipinski definition) is 3. The van der Waals surface area contributed by atoms with Crippen molar-refractivity contribution >= 4 is 5.84 Å². The van der Waals surface area contributed by atoms with Crippen LogP contribution in [0.25, 0.3) is 0 Å². The van der Waals surface area contributed by atoms with Crippen LogP contribution in [0.1, 0.15) is 52.4 Å². The molecular formula is C23H35N3O. The Hall–Kier alpha value is -2.07. The van der Waals surface area contributed by atoms with E-state index < -0.39 is 0 Å². The van der Waals surface area contributed by atoms with Gasteiger partial charge in [-0.3, -0.25) is 5.41 Å². The van der Waals surface area contributed by atoms with Gasteiger partial charge in [-0.2, -0.15) is 0 Å². The highest BCUT2D eigenvalue weighted by Gasteiger charge is 2.16. The fourth-order valence-electron chi connectivity index (χ4n) is 3.55. The second-order valence-corrected chi connectivity index (χ2v) is 7.24. The number of allylic oxidation sites excluding steroid dienone is 6. The van der Waals surface area contributed by atoms with Crippen LogP contribution < -0.4 is 10.6 Å². The number of unbranched alkanes of at least 4 members (excludes halogenated alkanes) is 1. The van der Waals surface area contributed by atoms with E-state index in [0.29, 0.717) is 5.84 Å². The fraction of sp³-hybridized carbons (Fsp3) is 0.522. The van der Waals surface area contributed by atoms with Crippen LogP contribution in [0, 0.1) is 11.3 Å². The molecule has 27 heavy (non-hydrogen) atoms. The van der Waals surface area contributed by atoms with Crippen molar-refractivity contribution in [3.63, 3.8) is 0 Å². The normalized spacial score (nSPS) is 22.7. The molecule has 0 aliphatic heterocycles. The lowest BCUT2D eigenvalue weighted by molar-refractivity contribution is 0.253. The molecular weight excluding hydrogens is 334 g/mol. The second-order valence-electron chi connectivity index (χ2n) is 7.24. The molecule has 4 N–H and O–H groups in total. The molecule has 0 bridgehead atoms. The van der Waals surface area contributed by atoms with Crippen molar-refractivity contribution in [2.45, 2.75) is 58.4 Å². The van der Waals surface area contributed by atoms with Crippen molar-refractivity contribution in [3.05, 3.63) is 58.9 Å². The van der Waals surface area contributed by atoms with Gasteiger partial charge in [0.25, 0.3) is 0 Å². The number of rotatable bonds is 9. The van der Waals surface area contributed by atoms with Crippen LogP contribution in [0.3, 0.4) is 0 Å². The van der Waals surface area contributed by atoms with Crippen molar-refractivity contribution in [1.82, 2.24) is 10.6 Å². The smallest absolute Gasteiger partial charge is 0.123 e. The van der Waals surface area contributed by atoms with Crippen LogP contribution in [0.2, 0.25) is 0 Å². The molecule has 2 unspecified atom stereocenters. The molecule has 0 radical (unpaired) electrons. The first-order valence-corrected chi connectivity index (χ1v) is 10.3. The minimum atomic E-state index is 0.158. The van der Waals surface area contributed by atoms with Gasteiger partial charge in [-0.25, -0.2) is 0 Å². The lowest BCUT2D eigenvalue weighted by atomic mass is 9.90. The molecule has 0 aromatic carbocycles. The van der Waals surface area contributed by atoms with E-state index in [1.165, 1.54) is 16.8 Å². The molecule has 2 atom stereocenters. The minimum absolute atomic E-state index is 0.158. The first kappa shape index (κ1) is 21.2. The van der Waals surface area contributed by atoms with Crippen LogP contribution in [-0.4, -0.2) is 30.6 Å². The summed E-state index contributed by atoms with van der Waals surface area (Å²) < 4.78 is 0. The number of nitrogens with one attached hydrogen (secondary N) is 3. The molecule has 0 amide bonds. The maximum absolute atomic E-state index is 9.23. The maximum Gasteiger partial charge on any atom is 0.123 e. The van der Waals surface area contributed by atoms with Gasteiger partial charge < -0.3 is 15.7 Å². The Balaban J connectivity index is 1.96. The van der Waals surface area contributed by atoms with Gasteiger partial charge in [0.1, 0.15) is 5.84 Å². The van der Waals surface area contributed by atoms with Gasteiger partial charge in [0.2, 0.25) is 0 Å². The summed E-state index contributed by atoms with van der Waals surface area (Å²) in [7, 11) is 1.95. The molecule has 0 aromatic heterocycles. The van der Waals surface area contributed by atoms with Crippen LogP contribution in [-0.2, 0) is 0 Å². The van der Waals surface area contributed by atoms with E-state index in [4.69, 9.17) is 5.41 Å². The summed E-state index contributed by atoms with van der Waals surface area (Å²) in [6, 6.07) is 0.158. The van der Waals surface area contributed by atoms with Gasteiger partial charge in [-0.1, -0.05) is 56.7 Å². The van der Waals surface area contributed by atoms with Crippen LogP contribution in [0.4, 0.5) is 0 Å². The molecule has 4 nitrogen and oxygen atoms in total. The third kappa shape index (κ3) is 5.96. The summed E-state index contributed by atoms with van der Waals surface area (Å²) in [5, 5.41) is 24.4. The highest BCUT2D eigenvalue weighted by atomic mass is 16.3. The number of aliphatic hydroxyl groups is 1. The molecule has 0 saturated carbocycles. The van der Waals surface area contributed by atoms with Crippen molar-refractivity contribution < 1.29 is 5.11 Å².